The molecule has 1 amide bonds. The molecule has 20 heavy (non-hydrogen) atoms. The van der Waals surface area contributed by atoms with E-state index in [0.717, 1.165) is 13.2 Å². The fraction of sp³-hybridized carbons (Fsp3) is 0.385. The molecule has 1 fully saturated rings. The van der Waals surface area contributed by atoms with Crippen LogP contribution in [0.25, 0.3) is 0 Å². The van der Waals surface area contributed by atoms with Crippen molar-refractivity contribution >= 4 is 11.9 Å². The number of esters is 1. The average molecular weight is 287 g/mol. The zero-order valence-electron chi connectivity index (χ0n) is 10.5. The van der Waals surface area contributed by atoms with Crippen molar-refractivity contribution in [1.29, 1.82) is 0 Å². The molecule has 0 spiro atoms. The number of benzene rings is 1. The topological polar surface area (TPSA) is 55.4 Å². The molecule has 0 radical (unpaired) electrons. The number of carbonyl (C=O) groups is 2. The van der Waals surface area contributed by atoms with Gasteiger partial charge in [0.15, 0.2) is 0 Å². The Morgan fingerprint density at radius 1 is 1.35 bits per heavy atom. The highest BCUT2D eigenvalue weighted by Crippen LogP contribution is 2.39. The van der Waals surface area contributed by atoms with E-state index in [4.69, 9.17) is 0 Å². The molecule has 0 saturated carbocycles. The van der Waals surface area contributed by atoms with Gasteiger partial charge in [-0.1, -0.05) is 18.2 Å². The quantitative estimate of drug-likeness (QED) is 0.665. The Morgan fingerprint density at radius 2 is 2.00 bits per heavy atom. The van der Waals surface area contributed by atoms with E-state index in [1.807, 2.05) is 0 Å². The summed E-state index contributed by atoms with van der Waals surface area (Å²) in [7, 11) is 1.10. The van der Waals surface area contributed by atoms with E-state index < -0.39 is 35.5 Å². The second-order valence-corrected chi connectivity index (χ2v) is 4.44. The smallest absolute Gasteiger partial charge is 0.416 e. The Morgan fingerprint density at radius 3 is 2.60 bits per heavy atom. The maximum atomic E-state index is 13.0. The van der Waals surface area contributed by atoms with Crippen LogP contribution in [0.3, 0.4) is 0 Å². The minimum Gasteiger partial charge on any atom is -0.468 e. The molecule has 1 aromatic carbocycles. The van der Waals surface area contributed by atoms with Crippen LogP contribution in [0.15, 0.2) is 24.3 Å². The van der Waals surface area contributed by atoms with Gasteiger partial charge in [-0.05, 0) is 11.6 Å². The highest BCUT2D eigenvalue weighted by atomic mass is 19.4. The summed E-state index contributed by atoms with van der Waals surface area (Å²) in [5.74, 6) is -3.57. The Hall–Kier alpha value is -2.05. The largest absolute Gasteiger partial charge is 0.468 e. The molecule has 0 aliphatic carbocycles. The van der Waals surface area contributed by atoms with E-state index >= 15 is 0 Å². The van der Waals surface area contributed by atoms with Crippen molar-refractivity contribution in [3.8, 4) is 0 Å². The molecule has 1 aromatic rings. The van der Waals surface area contributed by atoms with Crippen LogP contribution in [0.1, 0.15) is 17.0 Å². The van der Waals surface area contributed by atoms with E-state index in [1.165, 1.54) is 18.2 Å². The maximum Gasteiger partial charge on any atom is 0.416 e. The normalized spacial score (nSPS) is 22.5. The van der Waals surface area contributed by atoms with Crippen molar-refractivity contribution in [3.05, 3.63) is 35.4 Å². The van der Waals surface area contributed by atoms with Crippen molar-refractivity contribution < 1.29 is 27.5 Å². The van der Waals surface area contributed by atoms with Crippen molar-refractivity contribution in [2.24, 2.45) is 5.92 Å². The molecule has 1 aliphatic heterocycles. The van der Waals surface area contributed by atoms with Crippen LogP contribution >= 0.6 is 0 Å². The average Bonchev–Trinajstić information content (AvgIpc) is 2.78. The van der Waals surface area contributed by atoms with Crippen LogP contribution in [0.2, 0.25) is 0 Å². The number of halogens is 3. The first-order valence-corrected chi connectivity index (χ1v) is 5.88. The maximum absolute atomic E-state index is 13.0. The van der Waals surface area contributed by atoms with Gasteiger partial charge in [0.1, 0.15) is 5.92 Å². The highest BCUT2D eigenvalue weighted by Gasteiger charge is 2.45. The van der Waals surface area contributed by atoms with Gasteiger partial charge in [0, 0.05) is 12.5 Å². The SMILES string of the molecule is COC(=O)C1C(=O)NC[C@@H]1c1ccccc1C(F)(F)F. The van der Waals surface area contributed by atoms with Crippen molar-refractivity contribution in [3.63, 3.8) is 0 Å². The zero-order valence-corrected chi connectivity index (χ0v) is 10.5. The second kappa shape index (κ2) is 5.15. The lowest BCUT2D eigenvalue weighted by atomic mass is 9.85. The molecule has 1 aliphatic rings. The number of nitrogens with one attached hydrogen (secondary N) is 1. The summed E-state index contributed by atoms with van der Waals surface area (Å²) in [6, 6.07) is 4.93. The van der Waals surface area contributed by atoms with Crippen LogP contribution in [0.5, 0.6) is 0 Å². The summed E-state index contributed by atoms with van der Waals surface area (Å²) < 4.78 is 43.5. The molecular weight excluding hydrogens is 275 g/mol. The Balaban J connectivity index is 2.46. The molecule has 7 heteroatoms. The summed E-state index contributed by atoms with van der Waals surface area (Å²) in [5.41, 5.74) is -0.913. The number of carbonyl (C=O) groups excluding carboxylic acids is 2. The Kier molecular flexibility index (Phi) is 3.69. The molecule has 4 nitrogen and oxygen atoms in total. The van der Waals surface area contributed by atoms with E-state index in [9.17, 15) is 22.8 Å². The number of hydrogen-bond acceptors (Lipinski definition) is 3. The molecule has 1 N–H and O–H groups in total. The van der Waals surface area contributed by atoms with E-state index in [-0.39, 0.29) is 12.1 Å². The molecule has 0 aromatic heterocycles. The van der Waals surface area contributed by atoms with Gasteiger partial charge in [0.05, 0.1) is 12.7 Å². The third-order valence-electron chi connectivity index (χ3n) is 3.30. The predicted molar refractivity (Wildman–Crippen MR) is 62.7 cm³/mol. The number of methoxy groups -OCH3 is 1. The van der Waals surface area contributed by atoms with Crippen molar-refractivity contribution in [2.45, 2.75) is 12.1 Å². The lowest BCUT2D eigenvalue weighted by Gasteiger charge is -2.19. The van der Waals surface area contributed by atoms with Gasteiger partial charge in [-0.15, -0.1) is 0 Å². The Bertz CT molecular complexity index is 542. The molecule has 108 valence electrons. The lowest BCUT2D eigenvalue weighted by molar-refractivity contribution is -0.150. The van der Waals surface area contributed by atoms with E-state index in [1.54, 1.807) is 0 Å². The summed E-state index contributed by atoms with van der Waals surface area (Å²) >= 11 is 0. The fourth-order valence-corrected chi connectivity index (χ4v) is 2.39. The van der Waals surface area contributed by atoms with Crippen LogP contribution in [-0.2, 0) is 20.5 Å². The van der Waals surface area contributed by atoms with Crippen molar-refractivity contribution in [1.82, 2.24) is 5.32 Å². The van der Waals surface area contributed by atoms with Crippen LogP contribution < -0.4 is 5.32 Å². The van der Waals surface area contributed by atoms with Gasteiger partial charge in [0.2, 0.25) is 5.91 Å². The van der Waals surface area contributed by atoms with Gasteiger partial charge in [-0.3, -0.25) is 9.59 Å². The predicted octanol–water partition coefficient (Wildman–Crippen LogP) is 1.71. The first-order chi connectivity index (χ1) is 9.36. The first kappa shape index (κ1) is 14.4. The zero-order chi connectivity index (χ0) is 14.9. The van der Waals surface area contributed by atoms with Gasteiger partial charge in [-0.25, -0.2) is 0 Å². The second-order valence-electron chi connectivity index (χ2n) is 4.44. The van der Waals surface area contributed by atoms with E-state index in [0.29, 0.717) is 0 Å². The molecule has 2 rings (SSSR count). The van der Waals surface area contributed by atoms with Gasteiger partial charge in [-0.2, -0.15) is 13.2 Å². The third kappa shape index (κ3) is 2.48. The molecule has 1 unspecified atom stereocenters. The monoisotopic (exact) mass is 287 g/mol. The van der Waals surface area contributed by atoms with Crippen LogP contribution in [-0.4, -0.2) is 25.5 Å². The molecule has 1 heterocycles. The summed E-state index contributed by atoms with van der Waals surface area (Å²) in [4.78, 5) is 23.2. The van der Waals surface area contributed by atoms with Crippen LogP contribution in [0.4, 0.5) is 13.2 Å². The van der Waals surface area contributed by atoms with Crippen LogP contribution in [0, 0.1) is 5.92 Å². The number of hydrogen-bond donors (Lipinski definition) is 1. The number of rotatable bonds is 2. The molecule has 0 bridgehead atoms. The van der Waals surface area contributed by atoms with E-state index in [2.05, 4.69) is 10.1 Å². The number of amides is 1. The first-order valence-electron chi connectivity index (χ1n) is 5.88. The van der Waals surface area contributed by atoms with Gasteiger partial charge in [0.25, 0.3) is 0 Å². The van der Waals surface area contributed by atoms with Crippen molar-refractivity contribution in [2.75, 3.05) is 13.7 Å². The highest BCUT2D eigenvalue weighted by molar-refractivity contribution is 6.00. The fourth-order valence-electron chi connectivity index (χ4n) is 2.39. The molecule has 1 saturated heterocycles. The number of alkyl halides is 3. The summed E-state index contributed by atoms with van der Waals surface area (Å²) in [5, 5.41) is 2.40. The van der Waals surface area contributed by atoms with Gasteiger partial charge < -0.3 is 10.1 Å². The molecular formula is C13H12F3NO3. The summed E-state index contributed by atoms with van der Waals surface area (Å²) in [6.45, 7) is -0.0221. The Labute approximate surface area is 112 Å². The number of ether oxygens (including phenoxy) is 1. The lowest BCUT2D eigenvalue weighted by Crippen LogP contribution is -2.28. The molecule has 2 atom stereocenters. The third-order valence-corrected chi connectivity index (χ3v) is 3.30. The minimum atomic E-state index is -4.54. The standard InChI is InChI=1S/C13H12F3NO3/c1-20-12(19)10-8(6-17-11(10)18)7-4-2-3-5-9(7)13(14,15)16/h2-5,8,10H,6H2,1H3,(H,17,18)/t8-,10?/m1/s1. The summed E-state index contributed by atoms with van der Waals surface area (Å²) in [6.07, 6.45) is -4.54. The minimum absolute atomic E-state index is 0.0221. The van der Waals surface area contributed by atoms with Gasteiger partial charge >= 0.3 is 12.1 Å².